The van der Waals surface area contributed by atoms with Crippen LogP contribution in [0.15, 0.2) is 24.3 Å². The number of hydrogen-bond donors (Lipinski definition) is 3. The van der Waals surface area contributed by atoms with E-state index < -0.39 is 0 Å². The zero-order valence-electron chi connectivity index (χ0n) is 16.1. The van der Waals surface area contributed by atoms with E-state index in [-0.39, 0.29) is 18.5 Å². The average molecular weight is 370 g/mol. The molecule has 1 atom stereocenters. The lowest BCUT2D eigenvalue weighted by Gasteiger charge is -2.33. The van der Waals surface area contributed by atoms with E-state index in [0.717, 1.165) is 19.4 Å². The third-order valence-corrected chi connectivity index (χ3v) is 4.82. The van der Waals surface area contributed by atoms with Crippen molar-refractivity contribution in [2.24, 2.45) is 0 Å². The van der Waals surface area contributed by atoms with Crippen LogP contribution in [-0.4, -0.2) is 49.1 Å². The minimum Gasteiger partial charge on any atom is -0.338 e. The van der Waals surface area contributed by atoms with Gasteiger partial charge in [-0.25, -0.2) is 4.79 Å². The fraction of sp³-hybridized carbons (Fsp3) is 0.524. The Morgan fingerprint density at radius 3 is 2.89 bits per heavy atom. The van der Waals surface area contributed by atoms with Crippen molar-refractivity contribution in [2.75, 3.05) is 31.5 Å². The van der Waals surface area contributed by atoms with Crippen LogP contribution in [0, 0.1) is 12.3 Å². The van der Waals surface area contributed by atoms with Gasteiger partial charge in [-0.05, 0) is 63.9 Å². The van der Waals surface area contributed by atoms with Gasteiger partial charge in [0.05, 0.1) is 6.54 Å². The maximum atomic E-state index is 11.9. The van der Waals surface area contributed by atoms with E-state index >= 15 is 0 Å². The van der Waals surface area contributed by atoms with Crippen molar-refractivity contribution >= 4 is 17.6 Å². The molecule has 0 radical (unpaired) electrons. The number of terminal acetylenes is 1. The van der Waals surface area contributed by atoms with Gasteiger partial charge >= 0.3 is 6.03 Å². The van der Waals surface area contributed by atoms with Crippen LogP contribution in [0.4, 0.5) is 10.5 Å². The van der Waals surface area contributed by atoms with E-state index in [1.54, 1.807) is 24.3 Å². The zero-order chi connectivity index (χ0) is 19.5. The monoisotopic (exact) mass is 370 g/mol. The van der Waals surface area contributed by atoms with E-state index in [4.69, 9.17) is 6.42 Å². The fourth-order valence-electron chi connectivity index (χ4n) is 3.25. The Hall–Kier alpha value is -2.52. The number of amides is 3. The number of piperidine rings is 1. The van der Waals surface area contributed by atoms with E-state index in [1.807, 2.05) is 0 Å². The molecule has 1 aromatic carbocycles. The summed E-state index contributed by atoms with van der Waals surface area (Å²) in [5, 5.41) is 8.07. The first-order valence-corrected chi connectivity index (χ1v) is 9.71. The number of likely N-dealkylation sites (tertiary alicyclic amines) is 1. The first-order chi connectivity index (χ1) is 13.1. The standard InChI is InChI=1S/C21H30N4O2/c1-3-18-10-8-11-19(15-18)24-20(26)16-23-21(27)22-12-5-7-14-25-13-6-4-9-17(25)2/h1,8,10-11,15,17H,4-7,9,12-14,16H2,2H3,(H,24,26)(H2,22,23,27). The quantitative estimate of drug-likeness (QED) is 0.486. The molecule has 1 aliphatic heterocycles. The van der Waals surface area contributed by atoms with Gasteiger partial charge in [-0.2, -0.15) is 0 Å². The number of nitrogens with one attached hydrogen (secondary N) is 3. The first kappa shape index (κ1) is 20.8. The van der Waals surface area contributed by atoms with Gasteiger partial charge < -0.3 is 20.9 Å². The lowest BCUT2D eigenvalue weighted by molar-refractivity contribution is -0.115. The molecule has 0 saturated carbocycles. The van der Waals surface area contributed by atoms with Crippen LogP contribution in [-0.2, 0) is 4.79 Å². The highest BCUT2D eigenvalue weighted by atomic mass is 16.2. The van der Waals surface area contributed by atoms with E-state index in [1.165, 1.54) is 25.8 Å². The predicted molar refractivity (Wildman–Crippen MR) is 109 cm³/mol. The smallest absolute Gasteiger partial charge is 0.315 e. The lowest BCUT2D eigenvalue weighted by atomic mass is 10.0. The largest absolute Gasteiger partial charge is 0.338 e. The van der Waals surface area contributed by atoms with E-state index in [9.17, 15) is 9.59 Å². The second kappa shape index (κ2) is 11.2. The lowest BCUT2D eigenvalue weighted by Crippen LogP contribution is -2.41. The van der Waals surface area contributed by atoms with Crippen molar-refractivity contribution in [3.63, 3.8) is 0 Å². The Labute approximate surface area is 162 Å². The maximum absolute atomic E-state index is 11.9. The highest BCUT2D eigenvalue weighted by Gasteiger charge is 2.17. The van der Waals surface area contributed by atoms with Crippen molar-refractivity contribution < 1.29 is 9.59 Å². The van der Waals surface area contributed by atoms with Crippen LogP contribution in [0.25, 0.3) is 0 Å². The molecule has 3 amide bonds. The topological polar surface area (TPSA) is 73.5 Å². The molecule has 0 aromatic heterocycles. The molecule has 1 heterocycles. The average Bonchev–Trinajstić information content (AvgIpc) is 2.67. The summed E-state index contributed by atoms with van der Waals surface area (Å²) in [4.78, 5) is 26.2. The van der Waals surface area contributed by atoms with E-state index in [0.29, 0.717) is 23.8 Å². The van der Waals surface area contributed by atoms with Gasteiger partial charge in [0.1, 0.15) is 0 Å². The molecule has 146 valence electrons. The summed E-state index contributed by atoms with van der Waals surface area (Å²) >= 11 is 0. The van der Waals surface area contributed by atoms with Gasteiger partial charge in [0.2, 0.25) is 5.91 Å². The predicted octanol–water partition coefficient (Wildman–Crippen LogP) is 2.56. The molecule has 2 rings (SSSR count). The molecule has 1 aromatic rings. The van der Waals surface area contributed by atoms with Crippen LogP contribution >= 0.6 is 0 Å². The van der Waals surface area contributed by atoms with Crippen molar-refractivity contribution in [2.45, 2.75) is 45.1 Å². The molecule has 1 fully saturated rings. The fourth-order valence-corrected chi connectivity index (χ4v) is 3.25. The number of unbranched alkanes of at least 4 members (excludes halogenated alkanes) is 1. The number of nitrogens with zero attached hydrogens (tertiary/aromatic N) is 1. The first-order valence-electron chi connectivity index (χ1n) is 9.71. The summed E-state index contributed by atoms with van der Waals surface area (Å²) in [5.41, 5.74) is 1.31. The van der Waals surface area contributed by atoms with Crippen LogP contribution in [0.5, 0.6) is 0 Å². The third-order valence-electron chi connectivity index (χ3n) is 4.82. The summed E-state index contributed by atoms with van der Waals surface area (Å²) in [6.07, 6.45) is 11.2. The Bertz CT molecular complexity index is 668. The zero-order valence-corrected chi connectivity index (χ0v) is 16.1. The number of carbonyl (C=O) groups is 2. The SMILES string of the molecule is C#Cc1cccc(NC(=O)CNC(=O)NCCCCN2CCCCC2C)c1. The Morgan fingerprint density at radius 1 is 1.26 bits per heavy atom. The number of urea groups is 1. The van der Waals surface area contributed by atoms with Gasteiger partial charge in [-0.15, -0.1) is 6.42 Å². The molecule has 6 nitrogen and oxygen atoms in total. The van der Waals surface area contributed by atoms with Crippen LogP contribution in [0.2, 0.25) is 0 Å². The summed E-state index contributed by atoms with van der Waals surface area (Å²) in [6.45, 7) is 5.09. The van der Waals surface area contributed by atoms with Gasteiger partial charge in [0, 0.05) is 23.8 Å². The molecule has 1 unspecified atom stereocenters. The number of rotatable bonds is 8. The Kier molecular flexibility index (Phi) is 8.66. The molecule has 3 N–H and O–H groups in total. The summed E-state index contributed by atoms with van der Waals surface area (Å²) in [5.74, 6) is 2.22. The van der Waals surface area contributed by atoms with Gasteiger partial charge in [-0.1, -0.05) is 18.4 Å². The Morgan fingerprint density at radius 2 is 2.11 bits per heavy atom. The van der Waals surface area contributed by atoms with Crippen LogP contribution < -0.4 is 16.0 Å². The molecular weight excluding hydrogens is 340 g/mol. The third kappa shape index (κ3) is 7.71. The molecule has 0 spiro atoms. The minimum atomic E-state index is -0.325. The molecule has 1 aliphatic rings. The molecule has 1 saturated heterocycles. The summed E-state index contributed by atoms with van der Waals surface area (Å²) in [7, 11) is 0. The number of benzene rings is 1. The number of carbonyl (C=O) groups excluding carboxylic acids is 2. The Balaban J connectivity index is 1.55. The second-order valence-corrected chi connectivity index (χ2v) is 6.97. The molecular formula is C21H30N4O2. The van der Waals surface area contributed by atoms with Gasteiger partial charge in [-0.3, -0.25) is 4.79 Å². The summed E-state index contributed by atoms with van der Waals surface area (Å²) < 4.78 is 0. The maximum Gasteiger partial charge on any atom is 0.315 e. The van der Waals surface area contributed by atoms with Crippen molar-refractivity contribution in [1.29, 1.82) is 0 Å². The summed E-state index contributed by atoms with van der Waals surface area (Å²) in [6, 6.07) is 7.37. The highest BCUT2D eigenvalue weighted by molar-refractivity contribution is 5.94. The normalized spacial score (nSPS) is 17.0. The second-order valence-electron chi connectivity index (χ2n) is 6.97. The molecule has 27 heavy (non-hydrogen) atoms. The highest BCUT2D eigenvalue weighted by Crippen LogP contribution is 2.16. The van der Waals surface area contributed by atoms with Gasteiger partial charge in [0.15, 0.2) is 0 Å². The van der Waals surface area contributed by atoms with Gasteiger partial charge in [0.25, 0.3) is 0 Å². The van der Waals surface area contributed by atoms with Crippen LogP contribution in [0.1, 0.15) is 44.6 Å². The van der Waals surface area contributed by atoms with Crippen molar-refractivity contribution in [3.8, 4) is 12.3 Å². The van der Waals surface area contributed by atoms with E-state index in [2.05, 4.69) is 33.7 Å². The number of anilines is 1. The van der Waals surface area contributed by atoms with Crippen molar-refractivity contribution in [3.05, 3.63) is 29.8 Å². The molecule has 0 bridgehead atoms. The number of hydrogen-bond acceptors (Lipinski definition) is 3. The minimum absolute atomic E-state index is 0.0859. The molecule has 6 heteroatoms. The van der Waals surface area contributed by atoms with Crippen molar-refractivity contribution in [1.82, 2.24) is 15.5 Å². The van der Waals surface area contributed by atoms with Crippen LogP contribution in [0.3, 0.4) is 0 Å². The molecule has 0 aliphatic carbocycles.